The van der Waals surface area contributed by atoms with Crippen molar-refractivity contribution in [2.45, 2.75) is 0 Å². The Bertz CT molecular complexity index is 801. The van der Waals surface area contributed by atoms with E-state index in [1.807, 2.05) is 0 Å². The highest BCUT2D eigenvalue weighted by atomic mass is 79.9. The van der Waals surface area contributed by atoms with Crippen LogP contribution in [0.4, 0.5) is 5.69 Å². The number of benzene rings is 2. The standard InChI is InChI=1S/C16H12BrNO6/c1-23-11-3-5-12(6-4-11)24-16-13(17)8-10(2-7-15(19)20)9-14(16)18(21)22/h2-9H,1H3,(H,19,20). The van der Waals surface area contributed by atoms with E-state index in [0.29, 0.717) is 21.5 Å². The number of rotatable bonds is 6. The Morgan fingerprint density at radius 2 is 1.88 bits per heavy atom. The molecule has 0 radical (unpaired) electrons. The lowest BCUT2D eigenvalue weighted by Crippen LogP contribution is -1.96. The third kappa shape index (κ3) is 4.32. The van der Waals surface area contributed by atoms with Crippen LogP contribution in [0.1, 0.15) is 5.56 Å². The Morgan fingerprint density at radius 3 is 2.42 bits per heavy atom. The Labute approximate surface area is 145 Å². The fraction of sp³-hybridized carbons (Fsp3) is 0.0625. The van der Waals surface area contributed by atoms with Crippen LogP contribution in [-0.2, 0) is 4.79 Å². The normalized spacial score (nSPS) is 10.6. The third-order valence-electron chi connectivity index (χ3n) is 2.94. The molecule has 0 fully saturated rings. The molecule has 0 bridgehead atoms. The van der Waals surface area contributed by atoms with Gasteiger partial charge >= 0.3 is 11.7 Å². The molecule has 0 amide bonds. The molecule has 2 rings (SSSR count). The van der Waals surface area contributed by atoms with Gasteiger partial charge in [-0.05, 0) is 57.9 Å². The molecule has 2 aromatic carbocycles. The van der Waals surface area contributed by atoms with Crippen LogP contribution in [0.5, 0.6) is 17.2 Å². The van der Waals surface area contributed by atoms with E-state index < -0.39 is 10.9 Å². The average molecular weight is 394 g/mol. The minimum atomic E-state index is -1.15. The molecule has 1 N–H and O–H groups in total. The third-order valence-corrected chi connectivity index (χ3v) is 3.53. The van der Waals surface area contributed by atoms with Crippen LogP contribution < -0.4 is 9.47 Å². The van der Waals surface area contributed by atoms with E-state index in [4.69, 9.17) is 14.6 Å². The molecule has 0 aromatic heterocycles. The minimum Gasteiger partial charge on any atom is -0.497 e. The Morgan fingerprint density at radius 1 is 1.25 bits per heavy atom. The van der Waals surface area contributed by atoms with Crippen molar-refractivity contribution in [2.24, 2.45) is 0 Å². The molecule has 0 aliphatic rings. The van der Waals surface area contributed by atoms with Crippen molar-refractivity contribution in [3.63, 3.8) is 0 Å². The summed E-state index contributed by atoms with van der Waals surface area (Å²) in [6.07, 6.45) is 2.16. The summed E-state index contributed by atoms with van der Waals surface area (Å²) >= 11 is 3.22. The maximum atomic E-state index is 11.3. The number of ether oxygens (including phenoxy) is 2. The van der Waals surface area contributed by atoms with Gasteiger partial charge in [0.2, 0.25) is 5.75 Å². The maximum absolute atomic E-state index is 11.3. The van der Waals surface area contributed by atoms with E-state index in [1.54, 1.807) is 24.3 Å². The second-order valence-electron chi connectivity index (χ2n) is 4.56. The molecule has 124 valence electrons. The first-order chi connectivity index (χ1) is 11.4. The van der Waals surface area contributed by atoms with E-state index in [-0.39, 0.29) is 11.4 Å². The highest BCUT2D eigenvalue weighted by Gasteiger charge is 2.20. The first-order valence-electron chi connectivity index (χ1n) is 6.61. The Kier molecular flexibility index (Phi) is 5.54. The molecule has 0 saturated carbocycles. The van der Waals surface area contributed by atoms with Crippen LogP contribution in [0.25, 0.3) is 6.08 Å². The topological polar surface area (TPSA) is 98.9 Å². The largest absolute Gasteiger partial charge is 0.497 e. The zero-order valence-corrected chi connectivity index (χ0v) is 14.0. The number of nitrogens with zero attached hydrogens (tertiary/aromatic N) is 1. The summed E-state index contributed by atoms with van der Waals surface area (Å²) in [7, 11) is 1.53. The maximum Gasteiger partial charge on any atom is 0.328 e. The molecule has 0 aliphatic heterocycles. The zero-order chi connectivity index (χ0) is 17.7. The molecular formula is C16H12BrNO6. The molecule has 0 atom stereocenters. The molecule has 7 nitrogen and oxygen atoms in total. The van der Waals surface area contributed by atoms with Gasteiger partial charge in [0.15, 0.2) is 0 Å². The number of aliphatic carboxylic acids is 1. The van der Waals surface area contributed by atoms with E-state index >= 15 is 0 Å². The highest BCUT2D eigenvalue weighted by molar-refractivity contribution is 9.10. The number of carbonyl (C=O) groups is 1. The fourth-order valence-corrected chi connectivity index (χ4v) is 2.41. The molecule has 2 aromatic rings. The van der Waals surface area contributed by atoms with Gasteiger partial charge < -0.3 is 14.6 Å². The van der Waals surface area contributed by atoms with Crippen molar-refractivity contribution in [2.75, 3.05) is 7.11 Å². The van der Waals surface area contributed by atoms with E-state index in [9.17, 15) is 14.9 Å². The van der Waals surface area contributed by atoms with Crippen molar-refractivity contribution in [1.29, 1.82) is 0 Å². The molecule has 8 heteroatoms. The number of hydrogen-bond acceptors (Lipinski definition) is 5. The molecule has 0 aliphatic carbocycles. The molecule has 0 unspecified atom stereocenters. The number of carboxylic acids is 1. The number of methoxy groups -OCH3 is 1. The summed E-state index contributed by atoms with van der Waals surface area (Å²) in [4.78, 5) is 21.3. The van der Waals surface area contributed by atoms with Gasteiger partial charge in [0.25, 0.3) is 0 Å². The number of hydrogen-bond donors (Lipinski definition) is 1. The lowest BCUT2D eigenvalue weighted by atomic mass is 10.1. The second kappa shape index (κ2) is 7.60. The van der Waals surface area contributed by atoms with Crippen LogP contribution >= 0.6 is 15.9 Å². The summed E-state index contributed by atoms with van der Waals surface area (Å²) in [6, 6.07) is 9.34. The minimum absolute atomic E-state index is 0.0256. The summed E-state index contributed by atoms with van der Waals surface area (Å²) < 4.78 is 11.0. The van der Waals surface area contributed by atoms with Crippen LogP contribution in [0.2, 0.25) is 0 Å². The lowest BCUT2D eigenvalue weighted by molar-refractivity contribution is -0.385. The van der Waals surface area contributed by atoms with Gasteiger partial charge in [-0.1, -0.05) is 0 Å². The zero-order valence-electron chi connectivity index (χ0n) is 12.4. The van der Waals surface area contributed by atoms with Gasteiger partial charge in [0, 0.05) is 12.1 Å². The van der Waals surface area contributed by atoms with E-state index in [1.165, 1.54) is 25.3 Å². The molecular weight excluding hydrogens is 382 g/mol. The smallest absolute Gasteiger partial charge is 0.328 e. The van der Waals surface area contributed by atoms with E-state index in [0.717, 1.165) is 6.08 Å². The van der Waals surface area contributed by atoms with Gasteiger partial charge in [0.1, 0.15) is 11.5 Å². The molecule has 0 heterocycles. The van der Waals surface area contributed by atoms with Crippen LogP contribution in [0.15, 0.2) is 46.9 Å². The van der Waals surface area contributed by atoms with Crippen molar-refractivity contribution in [1.82, 2.24) is 0 Å². The first kappa shape index (κ1) is 17.5. The van der Waals surface area contributed by atoms with Crippen molar-refractivity contribution in [3.05, 3.63) is 62.6 Å². The average Bonchev–Trinajstić information content (AvgIpc) is 2.55. The van der Waals surface area contributed by atoms with Gasteiger partial charge in [-0.15, -0.1) is 0 Å². The van der Waals surface area contributed by atoms with Gasteiger partial charge in [-0.3, -0.25) is 10.1 Å². The summed E-state index contributed by atoms with van der Waals surface area (Å²) in [6.45, 7) is 0. The van der Waals surface area contributed by atoms with Crippen molar-refractivity contribution in [3.8, 4) is 17.2 Å². The monoisotopic (exact) mass is 393 g/mol. The van der Waals surface area contributed by atoms with Gasteiger partial charge in [0.05, 0.1) is 16.5 Å². The quantitative estimate of drug-likeness (QED) is 0.447. The van der Waals surface area contributed by atoms with Gasteiger partial charge in [-0.2, -0.15) is 0 Å². The predicted octanol–water partition coefficient (Wildman–Crippen LogP) is 4.26. The summed E-state index contributed by atoms with van der Waals surface area (Å²) in [5, 5.41) is 19.9. The van der Waals surface area contributed by atoms with Crippen molar-refractivity contribution >= 4 is 33.7 Å². The number of carboxylic acid groups (broad SMARTS) is 1. The lowest BCUT2D eigenvalue weighted by Gasteiger charge is -2.10. The predicted molar refractivity (Wildman–Crippen MR) is 90.5 cm³/mol. The van der Waals surface area contributed by atoms with Crippen LogP contribution in [-0.4, -0.2) is 23.1 Å². The second-order valence-corrected chi connectivity index (χ2v) is 5.41. The summed E-state index contributed by atoms with van der Waals surface area (Å²) in [5.74, 6) is -0.0940. The SMILES string of the molecule is COc1ccc(Oc2c(Br)cc(C=CC(=O)O)cc2[N+](=O)[O-])cc1. The summed E-state index contributed by atoms with van der Waals surface area (Å²) in [5.41, 5.74) is 0.0725. The molecule has 0 spiro atoms. The van der Waals surface area contributed by atoms with Crippen LogP contribution in [0, 0.1) is 10.1 Å². The first-order valence-corrected chi connectivity index (χ1v) is 7.41. The fourth-order valence-electron chi connectivity index (χ4n) is 1.86. The number of nitro benzene ring substituents is 1. The number of nitro groups is 1. The molecule has 24 heavy (non-hydrogen) atoms. The van der Waals surface area contributed by atoms with Crippen LogP contribution in [0.3, 0.4) is 0 Å². The Balaban J connectivity index is 2.40. The van der Waals surface area contributed by atoms with Crippen molar-refractivity contribution < 1.29 is 24.3 Å². The van der Waals surface area contributed by atoms with E-state index in [2.05, 4.69) is 15.9 Å². The number of halogens is 1. The Hall–Kier alpha value is -2.87. The highest BCUT2D eigenvalue weighted by Crippen LogP contribution is 2.39. The molecule has 0 saturated heterocycles. The van der Waals surface area contributed by atoms with Gasteiger partial charge in [-0.25, -0.2) is 4.79 Å².